The summed E-state index contributed by atoms with van der Waals surface area (Å²) in [6.07, 6.45) is 1.73. The summed E-state index contributed by atoms with van der Waals surface area (Å²) >= 11 is 0. The number of carbonyl (C=O) groups is 2. The van der Waals surface area contributed by atoms with Gasteiger partial charge in [0.2, 0.25) is 5.78 Å². The van der Waals surface area contributed by atoms with Crippen LogP contribution in [0.15, 0.2) is 36.5 Å². The molecule has 0 saturated carbocycles. The van der Waals surface area contributed by atoms with E-state index in [4.69, 9.17) is 0 Å². The van der Waals surface area contributed by atoms with E-state index in [-0.39, 0.29) is 6.42 Å². The lowest BCUT2D eigenvalue weighted by Gasteiger charge is -2.01. The molecule has 4 heteroatoms. The molecule has 0 amide bonds. The Morgan fingerprint density at radius 1 is 1.29 bits per heavy atom. The largest absolute Gasteiger partial charge is 0.463 e. The van der Waals surface area contributed by atoms with Crippen LogP contribution in [0, 0.1) is 0 Å². The Labute approximate surface area is 98.2 Å². The average molecular weight is 229 g/mol. The maximum atomic E-state index is 11.4. The molecule has 0 saturated heterocycles. The minimum absolute atomic E-state index is 0.0409. The number of carbonyl (C=O) groups excluding carboxylic acids is 2. The number of methoxy groups -OCH3 is 1. The van der Waals surface area contributed by atoms with Crippen molar-refractivity contribution in [2.75, 3.05) is 7.11 Å². The average Bonchev–Trinajstić information content (AvgIpc) is 2.37. The molecule has 1 aromatic heterocycles. The van der Waals surface area contributed by atoms with Crippen LogP contribution in [0.1, 0.15) is 5.56 Å². The van der Waals surface area contributed by atoms with Gasteiger partial charge in [-0.3, -0.25) is 9.78 Å². The summed E-state index contributed by atoms with van der Waals surface area (Å²) in [5.41, 5.74) is 1.56. The quantitative estimate of drug-likeness (QED) is 0.591. The minimum Gasteiger partial charge on any atom is -0.463 e. The van der Waals surface area contributed by atoms with Crippen LogP contribution in [0.2, 0.25) is 0 Å². The van der Waals surface area contributed by atoms with Crippen LogP contribution in [0.3, 0.4) is 0 Å². The molecule has 17 heavy (non-hydrogen) atoms. The van der Waals surface area contributed by atoms with Crippen LogP contribution in [0.25, 0.3) is 10.9 Å². The summed E-state index contributed by atoms with van der Waals surface area (Å²) in [6.45, 7) is 0. The van der Waals surface area contributed by atoms with Gasteiger partial charge in [-0.1, -0.05) is 18.2 Å². The predicted octanol–water partition coefficient (Wildman–Crippen LogP) is 1.52. The fraction of sp³-hybridized carbons (Fsp3) is 0.154. The predicted molar refractivity (Wildman–Crippen MR) is 62.5 cm³/mol. The van der Waals surface area contributed by atoms with Gasteiger partial charge >= 0.3 is 5.97 Å². The van der Waals surface area contributed by atoms with Gasteiger partial charge in [-0.05, 0) is 17.7 Å². The van der Waals surface area contributed by atoms with Gasteiger partial charge in [0, 0.05) is 18.0 Å². The molecule has 0 radical (unpaired) electrons. The Hall–Kier alpha value is -2.23. The van der Waals surface area contributed by atoms with E-state index < -0.39 is 11.8 Å². The molecule has 0 unspecified atom stereocenters. The molecular weight excluding hydrogens is 218 g/mol. The number of ketones is 1. The molecule has 86 valence electrons. The van der Waals surface area contributed by atoms with Gasteiger partial charge in [0.25, 0.3) is 0 Å². The molecule has 0 atom stereocenters. The van der Waals surface area contributed by atoms with Crippen molar-refractivity contribution < 1.29 is 14.3 Å². The second kappa shape index (κ2) is 4.74. The Bertz CT molecular complexity index is 578. The van der Waals surface area contributed by atoms with Crippen molar-refractivity contribution in [1.29, 1.82) is 0 Å². The van der Waals surface area contributed by atoms with Crippen LogP contribution in [0.5, 0.6) is 0 Å². The van der Waals surface area contributed by atoms with Gasteiger partial charge in [0.15, 0.2) is 0 Å². The zero-order valence-corrected chi connectivity index (χ0v) is 9.34. The maximum absolute atomic E-state index is 11.4. The zero-order valence-electron chi connectivity index (χ0n) is 9.34. The lowest BCUT2D eigenvalue weighted by Crippen LogP contribution is -2.17. The topological polar surface area (TPSA) is 56.3 Å². The normalized spacial score (nSPS) is 10.2. The number of nitrogens with zero attached hydrogens (tertiary/aromatic N) is 1. The molecule has 4 nitrogen and oxygen atoms in total. The Balaban J connectivity index is 2.25. The fourth-order valence-electron chi connectivity index (χ4n) is 1.59. The first kappa shape index (κ1) is 11.3. The maximum Gasteiger partial charge on any atom is 0.374 e. The smallest absolute Gasteiger partial charge is 0.374 e. The Kier molecular flexibility index (Phi) is 3.14. The Morgan fingerprint density at radius 2 is 2.12 bits per heavy atom. The number of ether oxygens (including phenoxy) is 1. The molecule has 1 heterocycles. The van der Waals surface area contributed by atoms with E-state index >= 15 is 0 Å². The molecule has 0 fully saturated rings. The van der Waals surface area contributed by atoms with Crippen molar-refractivity contribution >= 4 is 22.7 Å². The minimum atomic E-state index is -0.814. The van der Waals surface area contributed by atoms with Gasteiger partial charge in [-0.25, -0.2) is 4.79 Å². The van der Waals surface area contributed by atoms with E-state index in [1.165, 1.54) is 7.11 Å². The van der Waals surface area contributed by atoms with Crippen LogP contribution in [0.4, 0.5) is 0 Å². The summed E-state index contributed by atoms with van der Waals surface area (Å²) in [7, 11) is 1.20. The van der Waals surface area contributed by atoms with Crippen LogP contribution < -0.4 is 0 Å². The zero-order chi connectivity index (χ0) is 12.3. The molecule has 0 N–H and O–H groups in total. The van der Waals surface area contributed by atoms with Crippen LogP contribution in [-0.4, -0.2) is 23.8 Å². The van der Waals surface area contributed by atoms with E-state index in [1.807, 2.05) is 24.3 Å². The number of fused-ring (bicyclic) bond motifs is 1. The summed E-state index contributed by atoms with van der Waals surface area (Å²) in [6, 6.07) is 9.28. The molecule has 0 bridgehead atoms. The third-order valence-electron chi connectivity index (χ3n) is 2.45. The number of hydrogen-bond donors (Lipinski definition) is 0. The molecule has 1 aromatic carbocycles. The van der Waals surface area contributed by atoms with Crippen LogP contribution >= 0.6 is 0 Å². The second-order valence-corrected chi connectivity index (χ2v) is 3.62. The van der Waals surface area contributed by atoms with Gasteiger partial charge in [-0.2, -0.15) is 0 Å². The molecule has 0 aliphatic heterocycles. The third kappa shape index (κ3) is 2.47. The molecule has 2 rings (SSSR count). The summed E-state index contributed by atoms with van der Waals surface area (Å²) < 4.78 is 4.37. The van der Waals surface area contributed by atoms with Crippen molar-refractivity contribution in [3.05, 3.63) is 42.1 Å². The van der Waals surface area contributed by atoms with Crippen molar-refractivity contribution in [3.63, 3.8) is 0 Å². The van der Waals surface area contributed by atoms with E-state index in [0.717, 1.165) is 16.5 Å². The number of rotatable bonds is 3. The summed E-state index contributed by atoms with van der Waals surface area (Å²) in [4.78, 5) is 26.6. The van der Waals surface area contributed by atoms with E-state index in [1.54, 1.807) is 12.3 Å². The van der Waals surface area contributed by atoms with Gasteiger partial charge < -0.3 is 4.74 Å². The first-order valence-corrected chi connectivity index (χ1v) is 5.15. The number of esters is 1. The second-order valence-electron chi connectivity index (χ2n) is 3.62. The fourth-order valence-corrected chi connectivity index (χ4v) is 1.59. The summed E-state index contributed by atoms with van der Waals surface area (Å²) in [5.74, 6) is -1.37. The SMILES string of the molecule is COC(=O)C(=O)Cc1ccc2cccnc2c1. The summed E-state index contributed by atoms with van der Waals surface area (Å²) in [5, 5.41) is 1.00. The van der Waals surface area contributed by atoms with Crippen molar-refractivity contribution in [3.8, 4) is 0 Å². The molecule has 0 aliphatic rings. The standard InChI is InChI=1S/C13H11NO3/c1-17-13(16)12(15)8-9-4-5-10-3-2-6-14-11(10)7-9/h2-7H,8H2,1H3. The van der Waals surface area contributed by atoms with Crippen molar-refractivity contribution in [2.45, 2.75) is 6.42 Å². The monoisotopic (exact) mass is 229 g/mol. The number of aromatic nitrogens is 1. The first-order valence-electron chi connectivity index (χ1n) is 5.15. The highest BCUT2D eigenvalue weighted by Gasteiger charge is 2.14. The highest BCUT2D eigenvalue weighted by atomic mass is 16.5. The van der Waals surface area contributed by atoms with Crippen LogP contribution in [-0.2, 0) is 20.7 Å². The highest BCUT2D eigenvalue weighted by molar-refractivity contribution is 6.34. The van der Waals surface area contributed by atoms with E-state index in [9.17, 15) is 9.59 Å². The lowest BCUT2D eigenvalue weighted by atomic mass is 10.1. The third-order valence-corrected chi connectivity index (χ3v) is 2.45. The van der Waals surface area contributed by atoms with Gasteiger partial charge in [0.05, 0.1) is 12.6 Å². The Morgan fingerprint density at radius 3 is 2.88 bits per heavy atom. The number of Topliss-reactive ketones (excluding diaryl/α,β-unsaturated/α-hetero) is 1. The van der Waals surface area contributed by atoms with E-state index in [2.05, 4.69) is 9.72 Å². The van der Waals surface area contributed by atoms with Crippen molar-refractivity contribution in [1.82, 2.24) is 4.98 Å². The van der Waals surface area contributed by atoms with E-state index in [0.29, 0.717) is 0 Å². The number of hydrogen-bond acceptors (Lipinski definition) is 4. The molecule has 0 aliphatic carbocycles. The lowest BCUT2D eigenvalue weighted by molar-refractivity contribution is -0.151. The number of benzene rings is 1. The highest BCUT2D eigenvalue weighted by Crippen LogP contribution is 2.13. The number of pyridine rings is 1. The first-order chi connectivity index (χ1) is 8.20. The molecular formula is C13H11NO3. The molecule has 0 spiro atoms. The molecule has 2 aromatic rings. The van der Waals surface area contributed by atoms with Gasteiger partial charge in [-0.15, -0.1) is 0 Å². The van der Waals surface area contributed by atoms with Gasteiger partial charge in [0.1, 0.15) is 0 Å². The van der Waals surface area contributed by atoms with Crippen molar-refractivity contribution in [2.24, 2.45) is 0 Å².